The lowest BCUT2D eigenvalue weighted by atomic mass is 10.3. The maximum absolute atomic E-state index is 12.4. The van der Waals surface area contributed by atoms with Crippen LogP contribution in [0.3, 0.4) is 0 Å². The van der Waals surface area contributed by atoms with Gasteiger partial charge in [-0.15, -0.1) is 5.10 Å². The number of nitrogens with one attached hydrogen (secondary N) is 1. The number of hydrogen-bond donors (Lipinski definition) is 2. The molecule has 106 valence electrons. The van der Waals surface area contributed by atoms with E-state index in [1.807, 2.05) is 0 Å². The van der Waals surface area contributed by atoms with Crippen molar-refractivity contribution in [2.75, 3.05) is 5.73 Å². The number of benzene rings is 1. The fraction of sp³-hybridized carbons (Fsp3) is 0.273. The molecule has 1 aliphatic rings. The molecular weight excluding hydrogens is 346 g/mol. The van der Waals surface area contributed by atoms with Gasteiger partial charge in [-0.3, -0.25) is 0 Å². The highest BCUT2D eigenvalue weighted by Gasteiger charge is 2.30. The maximum atomic E-state index is 12.4. The van der Waals surface area contributed by atoms with Crippen LogP contribution in [0.15, 0.2) is 33.9 Å². The third-order valence-electron chi connectivity index (χ3n) is 2.87. The molecule has 1 saturated carbocycles. The predicted octanol–water partition coefficient (Wildman–Crippen LogP) is 1.05. The summed E-state index contributed by atoms with van der Waals surface area (Å²) in [5, 5.41) is 3.99. The molecular formula is C11H12BrN5O2S. The normalized spacial score (nSPS) is 15.4. The molecule has 0 amide bonds. The summed E-state index contributed by atoms with van der Waals surface area (Å²) in [6.45, 7) is 0. The molecule has 2 aromatic rings. The van der Waals surface area contributed by atoms with E-state index in [0.717, 1.165) is 12.8 Å². The third-order valence-corrected chi connectivity index (χ3v) is 4.95. The summed E-state index contributed by atoms with van der Waals surface area (Å²) in [7, 11) is -3.58. The zero-order valence-electron chi connectivity index (χ0n) is 10.3. The van der Waals surface area contributed by atoms with E-state index in [-0.39, 0.29) is 16.9 Å². The lowest BCUT2D eigenvalue weighted by molar-refractivity contribution is 0.580. The van der Waals surface area contributed by atoms with Gasteiger partial charge in [0.2, 0.25) is 20.7 Å². The van der Waals surface area contributed by atoms with Crippen molar-refractivity contribution in [3.63, 3.8) is 0 Å². The van der Waals surface area contributed by atoms with E-state index >= 15 is 0 Å². The summed E-state index contributed by atoms with van der Waals surface area (Å²) in [5.74, 6) is 0.0687. The molecule has 0 saturated heterocycles. The largest absolute Gasteiger partial charge is 0.366 e. The van der Waals surface area contributed by atoms with E-state index in [1.165, 1.54) is 10.7 Å². The van der Waals surface area contributed by atoms with Crippen LogP contribution in [-0.2, 0) is 10.0 Å². The van der Waals surface area contributed by atoms with Gasteiger partial charge in [-0.2, -0.15) is 4.98 Å². The first-order valence-corrected chi connectivity index (χ1v) is 8.25. The first-order valence-electron chi connectivity index (χ1n) is 5.97. The van der Waals surface area contributed by atoms with Gasteiger partial charge in [0, 0.05) is 6.04 Å². The number of aromatic nitrogens is 3. The highest BCUT2D eigenvalue weighted by atomic mass is 79.9. The first kappa shape index (κ1) is 13.5. The van der Waals surface area contributed by atoms with Crippen LogP contribution in [0.1, 0.15) is 12.8 Å². The van der Waals surface area contributed by atoms with Gasteiger partial charge in [-0.25, -0.2) is 17.8 Å². The Morgan fingerprint density at radius 2 is 2.05 bits per heavy atom. The van der Waals surface area contributed by atoms with Gasteiger partial charge in [0.15, 0.2) is 0 Å². The minimum absolute atomic E-state index is 0.0392. The molecule has 3 N–H and O–H groups in total. The van der Waals surface area contributed by atoms with Crippen molar-refractivity contribution in [1.82, 2.24) is 19.5 Å². The zero-order valence-corrected chi connectivity index (χ0v) is 12.7. The summed E-state index contributed by atoms with van der Waals surface area (Å²) < 4.78 is 29.1. The number of nitrogen functional groups attached to an aromatic ring is 1. The number of nitrogens with two attached hydrogens (primary N) is 1. The minimum Gasteiger partial charge on any atom is -0.366 e. The van der Waals surface area contributed by atoms with Gasteiger partial charge in [0.25, 0.3) is 0 Å². The summed E-state index contributed by atoms with van der Waals surface area (Å²) in [4.78, 5) is 4.07. The Hall–Kier alpha value is -1.45. The van der Waals surface area contributed by atoms with Crippen LogP contribution < -0.4 is 10.5 Å². The van der Waals surface area contributed by atoms with Crippen LogP contribution in [0.25, 0.3) is 5.69 Å². The van der Waals surface area contributed by atoms with E-state index in [4.69, 9.17) is 5.73 Å². The zero-order chi connectivity index (χ0) is 14.3. The molecule has 0 aliphatic heterocycles. The quantitative estimate of drug-likeness (QED) is 0.851. The van der Waals surface area contributed by atoms with Crippen LogP contribution in [0, 0.1) is 0 Å². The van der Waals surface area contributed by atoms with Crippen molar-refractivity contribution in [2.45, 2.75) is 23.8 Å². The summed E-state index contributed by atoms with van der Waals surface area (Å²) in [6.07, 6.45) is 1.75. The second-order valence-corrected chi connectivity index (χ2v) is 6.91. The van der Waals surface area contributed by atoms with E-state index in [0.29, 0.717) is 10.4 Å². The number of nitrogens with zero attached hydrogens (tertiary/aromatic N) is 3. The number of halogens is 1. The SMILES string of the molecule is Nc1nc(Br)n(-c2ccccc2S(=O)(=O)NC2CC2)n1. The Morgan fingerprint density at radius 1 is 1.35 bits per heavy atom. The fourth-order valence-corrected chi connectivity index (χ4v) is 3.75. The number of sulfonamides is 1. The molecule has 20 heavy (non-hydrogen) atoms. The molecule has 9 heteroatoms. The van der Waals surface area contributed by atoms with Gasteiger partial charge in [0.05, 0.1) is 5.69 Å². The number of hydrogen-bond acceptors (Lipinski definition) is 5. The molecule has 1 aromatic carbocycles. The fourth-order valence-electron chi connectivity index (χ4n) is 1.80. The Balaban J connectivity index is 2.10. The number of para-hydroxylation sites is 1. The Kier molecular flexibility index (Phi) is 3.27. The average Bonchev–Trinajstić information content (AvgIpc) is 3.12. The van der Waals surface area contributed by atoms with Crippen molar-refractivity contribution in [3.8, 4) is 5.69 Å². The van der Waals surface area contributed by atoms with Gasteiger partial charge in [-0.1, -0.05) is 12.1 Å². The van der Waals surface area contributed by atoms with Crippen LogP contribution in [0.2, 0.25) is 0 Å². The van der Waals surface area contributed by atoms with Crippen molar-refractivity contribution in [2.24, 2.45) is 0 Å². The van der Waals surface area contributed by atoms with Crippen molar-refractivity contribution < 1.29 is 8.42 Å². The lowest BCUT2D eigenvalue weighted by Gasteiger charge is -2.11. The topological polar surface area (TPSA) is 103 Å². The van der Waals surface area contributed by atoms with Gasteiger partial charge < -0.3 is 5.73 Å². The third kappa shape index (κ3) is 2.56. The predicted molar refractivity (Wildman–Crippen MR) is 76.8 cm³/mol. The van der Waals surface area contributed by atoms with Crippen LogP contribution in [0.4, 0.5) is 5.95 Å². The standard InChI is InChI=1S/C11H12BrN5O2S/c12-10-14-11(13)15-17(10)8-3-1-2-4-9(8)20(18,19)16-7-5-6-7/h1-4,7,16H,5-6H2,(H2,13,15). The summed E-state index contributed by atoms with van der Waals surface area (Å²) >= 11 is 3.21. The Labute approximate surface area is 124 Å². The molecule has 0 bridgehead atoms. The summed E-state index contributed by atoms with van der Waals surface area (Å²) in [5.41, 5.74) is 5.93. The number of anilines is 1. The lowest BCUT2D eigenvalue weighted by Crippen LogP contribution is -2.27. The molecule has 1 aliphatic carbocycles. The molecule has 1 heterocycles. The van der Waals surface area contributed by atoms with Crippen molar-refractivity contribution in [3.05, 3.63) is 29.0 Å². The molecule has 0 spiro atoms. The van der Waals surface area contributed by atoms with Crippen molar-refractivity contribution >= 4 is 31.9 Å². The van der Waals surface area contributed by atoms with Gasteiger partial charge in [0.1, 0.15) is 4.90 Å². The van der Waals surface area contributed by atoms with Crippen LogP contribution in [0.5, 0.6) is 0 Å². The van der Waals surface area contributed by atoms with Gasteiger partial charge in [-0.05, 0) is 40.9 Å². The first-order chi connectivity index (χ1) is 9.47. The maximum Gasteiger partial charge on any atom is 0.242 e. The highest BCUT2D eigenvalue weighted by molar-refractivity contribution is 9.10. The van der Waals surface area contributed by atoms with E-state index in [2.05, 4.69) is 30.7 Å². The van der Waals surface area contributed by atoms with E-state index in [9.17, 15) is 8.42 Å². The molecule has 0 atom stereocenters. The molecule has 3 rings (SSSR count). The minimum atomic E-state index is -3.58. The average molecular weight is 358 g/mol. The summed E-state index contributed by atoms with van der Waals surface area (Å²) in [6, 6.07) is 6.62. The molecule has 7 nitrogen and oxygen atoms in total. The smallest absolute Gasteiger partial charge is 0.242 e. The Bertz CT molecular complexity index is 754. The number of rotatable bonds is 4. The highest BCUT2D eigenvalue weighted by Crippen LogP contribution is 2.26. The Morgan fingerprint density at radius 3 is 2.65 bits per heavy atom. The second-order valence-electron chi connectivity index (χ2n) is 4.51. The van der Waals surface area contributed by atoms with Gasteiger partial charge >= 0.3 is 0 Å². The molecule has 1 aromatic heterocycles. The van der Waals surface area contributed by atoms with Crippen LogP contribution in [-0.4, -0.2) is 29.2 Å². The molecule has 0 unspecified atom stereocenters. The second kappa shape index (κ2) is 4.83. The van der Waals surface area contributed by atoms with E-state index in [1.54, 1.807) is 18.2 Å². The molecule has 0 radical (unpaired) electrons. The van der Waals surface area contributed by atoms with Crippen LogP contribution >= 0.6 is 15.9 Å². The monoisotopic (exact) mass is 357 g/mol. The molecule has 1 fully saturated rings. The van der Waals surface area contributed by atoms with E-state index < -0.39 is 10.0 Å². The van der Waals surface area contributed by atoms with Crippen molar-refractivity contribution in [1.29, 1.82) is 0 Å².